The highest BCUT2D eigenvalue weighted by Crippen LogP contribution is 2.36. The maximum Gasteiger partial charge on any atom is 0.336 e. The van der Waals surface area contributed by atoms with Crippen molar-refractivity contribution in [1.82, 2.24) is 0 Å². The number of aromatic hydroxyl groups is 1. The molecule has 0 spiro atoms. The highest BCUT2D eigenvalue weighted by Gasteiger charge is 2.14. The molecule has 0 saturated carbocycles. The van der Waals surface area contributed by atoms with E-state index in [1.54, 1.807) is 48.7 Å². The zero-order valence-corrected chi connectivity index (χ0v) is 19.1. The first kappa shape index (κ1) is 21.8. The van der Waals surface area contributed by atoms with E-state index in [0.717, 1.165) is 15.6 Å². The van der Waals surface area contributed by atoms with Crippen LogP contribution in [0.1, 0.15) is 11.1 Å². The summed E-state index contributed by atoms with van der Waals surface area (Å²) in [6, 6.07) is 17.6. The van der Waals surface area contributed by atoms with E-state index in [2.05, 4.69) is 36.9 Å². The molecule has 0 fully saturated rings. The van der Waals surface area contributed by atoms with Gasteiger partial charge in [-0.2, -0.15) is 0 Å². The number of methoxy groups -OCH3 is 1. The van der Waals surface area contributed by atoms with Gasteiger partial charge < -0.3 is 14.6 Å². The average Bonchev–Trinajstić information content (AvgIpc) is 2.73. The van der Waals surface area contributed by atoms with Gasteiger partial charge >= 0.3 is 5.97 Å². The highest BCUT2D eigenvalue weighted by molar-refractivity contribution is 9.10. The molecule has 0 atom stereocenters. The molecule has 0 aliphatic carbocycles. The lowest BCUT2D eigenvalue weighted by molar-refractivity contribution is -0.129. The van der Waals surface area contributed by atoms with E-state index in [4.69, 9.17) is 9.47 Å². The molecule has 0 aliphatic rings. The van der Waals surface area contributed by atoms with Crippen molar-refractivity contribution in [2.75, 3.05) is 7.11 Å². The van der Waals surface area contributed by atoms with Gasteiger partial charge in [0.05, 0.1) is 17.3 Å². The van der Waals surface area contributed by atoms with Crippen LogP contribution in [0.25, 0.3) is 6.08 Å². The van der Waals surface area contributed by atoms with Crippen molar-refractivity contribution >= 4 is 55.8 Å². The smallest absolute Gasteiger partial charge is 0.336 e. The average molecular weight is 531 g/mol. The molecule has 152 valence electrons. The molecule has 0 aromatic heterocycles. The van der Waals surface area contributed by atoms with E-state index in [1.807, 2.05) is 24.3 Å². The first-order valence-electron chi connectivity index (χ1n) is 8.80. The lowest BCUT2D eigenvalue weighted by atomic mass is 10.2. The summed E-state index contributed by atoms with van der Waals surface area (Å²) in [7, 11) is 1.50. The van der Waals surface area contributed by atoms with E-state index in [1.165, 1.54) is 13.2 Å². The molecule has 7 heteroatoms. The van der Waals surface area contributed by atoms with Crippen LogP contribution in [0.15, 0.2) is 80.7 Å². The summed E-state index contributed by atoms with van der Waals surface area (Å²) in [5.41, 5.74) is 2.31. The van der Waals surface area contributed by atoms with Crippen LogP contribution in [0.2, 0.25) is 0 Å². The number of rotatable bonds is 6. The first-order chi connectivity index (χ1) is 14.4. The number of nitrogens with zero attached hydrogens (tertiary/aromatic N) is 1. The van der Waals surface area contributed by atoms with Crippen LogP contribution in [-0.4, -0.2) is 24.4 Å². The minimum Gasteiger partial charge on any atom is -0.508 e. The number of phenols is 1. The summed E-state index contributed by atoms with van der Waals surface area (Å²) in [6.45, 7) is 0. The maximum absolute atomic E-state index is 12.3. The Hall–Kier alpha value is -2.90. The highest BCUT2D eigenvalue weighted by atomic mass is 79.9. The van der Waals surface area contributed by atoms with Gasteiger partial charge in [0.15, 0.2) is 11.5 Å². The fourth-order valence-electron chi connectivity index (χ4n) is 2.51. The second-order valence-electron chi connectivity index (χ2n) is 6.12. The van der Waals surface area contributed by atoms with Crippen molar-refractivity contribution in [3.8, 4) is 17.2 Å². The lowest BCUT2D eigenvalue weighted by Crippen LogP contribution is -2.06. The standard InChI is InChI=1S/C23H17Br2NO4/c1-29-21-13-16(14-26-18-6-8-19(27)9-7-18)12-20(25)23(21)30-22(28)10-5-15-3-2-4-17(24)11-15/h2-14,27H,1H3. The molecule has 5 nitrogen and oxygen atoms in total. The van der Waals surface area contributed by atoms with Crippen LogP contribution in [0.4, 0.5) is 5.69 Å². The van der Waals surface area contributed by atoms with Gasteiger partial charge in [-0.1, -0.05) is 28.1 Å². The summed E-state index contributed by atoms with van der Waals surface area (Å²) in [5.74, 6) is 0.321. The van der Waals surface area contributed by atoms with Crippen LogP contribution in [0, 0.1) is 0 Å². The van der Waals surface area contributed by atoms with Gasteiger partial charge in [0.25, 0.3) is 0 Å². The topological polar surface area (TPSA) is 68.1 Å². The van der Waals surface area contributed by atoms with E-state index < -0.39 is 5.97 Å². The number of carbonyl (C=O) groups excluding carboxylic acids is 1. The Bertz CT molecular complexity index is 1110. The van der Waals surface area contributed by atoms with Gasteiger partial charge in [-0.05, 0) is 81.7 Å². The number of ether oxygens (including phenoxy) is 2. The van der Waals surface area contributed by atoms with Crippen molar-refractivity contribution < 1.29 is 19.4 Å². The second kappa shape index (κ2) is 10.2. The molecule has 30 heavy (non-hydrogen) atoms. The van der Waals surface area contributed by atoms with Gasteiger partial charge in [0, 0.05) is 16.8 Å². The SMILES string of the molecule is COc1cc(C=Nc2ccc(O)cc2)cc(Br)c1OC(=O)C=Cc1cccc(Br)c1. The summed E-state index contributed by atoms with van der Waals surface area (Å²) < 4.78 is 12.3. The maximum atomic E-state index is 12.3. The molecule has 0 unspecified atom stereocenters. The van der Waals surface area contributed by atoms with E-state index in [0.29, 0.717) is 15.9 Å². The fourth-order valence-corrected chi connectivity index (χ4v) is 3.47. The molecule has 0 amide bonds. The van der Waals surface area contributed by atoms with Gasteiger partial charge in [-0.15, -0.1) is 0 Å². The molecular formula is C23H17Br2NO4. The third-order valence-corrected chi connectivity index (χ3v) is 5.01. The Morgan fingerprint density at radius 3 is 2.50 bits per heavy atom. The zero-order valence-electron chi connectivity index (χ0n) is 15.9. The predicted molar refractivity (Wildman–Crippen MR) is 125 cm³/mol. The van der Waals surface area contributed by atoms with Gasteiger partial charge in [-0.3, -0.25) is 4.99 Å². The Kier molecular flexibility index (Phi) is 7.43. The number of hydrogen-bond donors (Lipinski definition) is 1. The molecular weight excluding hydrogens is 514 g/mol. The van der Waals surface area contributed by atoms with E-state index >= 15 is 0 Å². The Morgan fingerprint density at radius 1 is 1.03 bits per heavy atom. The van der Waals surface area contributed by atoms with Crippen LogP contribution >= 0.6 is 31.9 Å². The summed E-state index contributed by atoms with van der Waals surface area (Å²) in [5, 5.41) is 9.34. The monoisotopic (exact) mass is 529 g/mol. The molecule has 0 radical (unpaired) electrons. The van der Waals surface area contributed by atoms with Crippen LogP contribution in [0.3, 0.4) is 0 Å². The summed E-state index contributed by atoms with van der Waals surface area (Å²) in [4.78, 5) is 16.6. The first-order valence-corrected chi connectivity index (χ1v) is 10.4. The van der Waals surface area contributed by atoms with Gasteiger partial charge in [0.1, 0.15) is 5.75 Å². The summed E-state index contributed by atoms with van der Waals surface area (Å²) in [6.07, 6.45) is 4.68. The van der Waals surface area contributed by atoms with E-state index in [9.17, 15) is 9.90 Å². The fraction of sp³-hybridized carbons (Fsp3) is 0.0435. The van der Waals surface area contributed by atoms with Crippen molar-refractivity contribution in [1.29, 1.82) is 0 Å². The van der Waals surface area contributed by atoms with Crippen LogP contribution < -0.4 is 9.47 Å². The predicted octanol–water partition coefficient (Wildman–Crippen LogP) is 6.30. The minimum absolute atomic E-state index is 0.179. The molecule has 3 aromatic rings. The van der Waals surface area contributed by atoms with Crippen molar-refractivity contribution in [2.45, 2.75) is 0 Å². The molecule has 0 saturated heterocycles. The van der Waals surface area contributed by atoms with Gasteiger partial charge in [-0.25, -0.2) is 4.79 Å². The number of aliphatic imine (C=N–C) groups is 1. The van der Waals surface area contributed by atoms with Crippen molar-refractivity contribution in [2.24, 2.45) is 4.99 Å². The normalized spacial score (nSPS) is 11.2. The number of benzene rings is 3. The molecule has 0 heterocycles. The van der Waals surface area contributed by atoms with Gasteiger partial charge in [0.2, 0.25) is 0 Å². The molecule has 1 N–H and O–H groups in total. The molecule has 3 aromatic carbocycles. The zero-order chi connectivity index (χ0) is 21.5. The summed E-state index contributed by atoms with van der Waals surface area (Å²) >= 11 is 6.82. The minimum atomic E-state index is -0.528. The molecule has 0 bridgehead atoms. The molecule has 3 rings (SSSR count). The number of phenolic OH excluding ortho intramolecular Hbond substituents is 1. The lowest BCUT2D eigenvalue weighted by Gasteiger charge is -2.11. The molecule has 0 aliphatic heterocycles. The third-order valence-electron chi connectivity index (χ3n) is 3.93. The number of hydrogen-bond acceptors (Lipinski definition) is 5. The van der Waals surface area contributed by atoms with E-state index in [-0.39, 0.29) is 11.5 Å². The Labute approximate surface area is 190 Å². The number of halogens is 2. The Balaban J connectivity index is 1.76. The van der Waals surface area contributed by atoms with Crippen LogP contribution in [-0.2, 0) is 4.79 Å². The third kappa shape index (κ3) is 6.05. The van der Waals surface area contributed by atoms with Crippen molar-refractivity contribution in [3.05, 3.63) is 86.8 Å². The second-order valence-corrected chi connectivity index (χ2v) is 7.89. The number of carbonyl (C=O) groups is 1. The van der Waals surface area contributed by atoms with Crippen LogP contribution in [0.5, 0.6) is 17.2 Å². The quantitative estimate of drug-likeness (QED) is 0.176. The largest absolute Gasteiger partial charge is 0.508 e. The Morgan fingerprint density at radius 2 is 1.80 bits per heavy atom. The number of esters is 1. The van der Waals surface area contributed by atoms with Crippen molar-refractivity contribution in [3.63, 3.8) is 0 Å².